The average molecular weight is 300 g/mol. The number of anilines is 2. The molecule has 4 heteroatoms. The standard InChI is InChI=1S/C17H20N2OS/c1-10-8-14(18)15(9-11(10)2)19-17(20)13-4-3-5-16-12(13)6-7-21-16/h6-9,13H,3-5,18H2,1-2H3,(H,19,20). The Hall–Kier alpha value is -1.81. The van der Waals surface area contributed by atoms with Crippen molar-refractivity contribution in [1.29, 1.82) is 0 Å². The summed E-state index contributed by atoms with van der Waals surface area (Å²) in [4.78, 5) is 14.0. The molecule has 1 aromatic heterocycles. The molecule has 0 spiro atoms. The van der Waals surface area contributed by atoms with E-state index in [1.165, 1.54) is 10.4 Å². The molecule has 0 fully saturated rings. The molecule has 0 saturated heterocycles. The van der Waals surface area contributed by atoms with Gasteiger partial charge in [0.2, 0.25) is 5.91 Å². The number of nitrogen functional groups attached to an aromatic ring is 1. The molecule has 1 aliphatic carbocycles. The lowest BCUT2D eigenvalue weighted by atomic mass is 9.87. The summed E-state index contributed by atoms with van der Waals surface area (Å²) in [5, 5.41) is 5.10. The van der Waals surface area contributed by atoms with Crippen molar-refractivity contribution in [1.82, 2.24) is 0 Å². The van der Waals surface area contributed by atoms with Crippen LogP contribution in [-0.4, -0.2) is 5.91 Å². The topological polar surface area (TPSA) is 55.1 Å². The van der Waals surface area contributed by atoms with E-state index >= 15 is 0 Å². The second-order valence-corrected chi connectivity index (χ2v) is 6.76. The van der Waals surface area contributed by atoms with Gasteiger partial charge in [-0.25, -0.2) is 0 Å². The Morgan fingerprint density at radius 3 is 2.90 bits per heavy atom. The minimum atomic E-state index is -0.0407. The highest BCUT2D eigenvalue weighted by atomic mass is 32.1. The van der Waals surface area contributed by atoms with Crippen LogP contribution in [0.15, 0.2) is 23.6 Å². The summed E-state index contributed by atoms with van der Waals surface area (Å²) in [6, 6.07) is 5.97. The highest BCUT2D eigenvalue weighted by molar-refractivity contribution is 7.10. The molecule has 1 aromatic carbocycles. The molecule has 0 saturated carbocycles. The Labute approximate surface area is 129 Å². The maximum Gasteiger partial charge on any atom is 0.232 e. The summed E-state index contributed by atoms with van der Waals surface area (Å²) < 4.78 is 0. The van der Waals surface area contributed by atoms with E-state index in [1.54, 1.807) is 11.3 Å². The lowest BCUT2D eigenvalue weighted by Crippen LogP contribution is -2.24. The van der Waals surface area contributed by atoms with Crippen molar-refractivity contribution in [2.24, 2.45) is 0 Å². The van der Waals surface area contributed by atoms with Gasteiger partial charge in [-0.05, 0) is 73.4 Å². The first-order valence-electron chi connectivity index (χ1n) is 7.30. The first kappa shape index (κ1) is 14.1. The van der Waals surface area contributed by atoms with Gasteiger partial charge < -0.3 is 11.1 Å². The highest BCUT2D eigenvalue weighted by Crippen LogP contribution is 2.36. The summed E-state index contributed by atoms with van der Waals surface area (Å²) in [5.74, 6) is 0.0188. The van der Waals surface area contributed by atoms with Gasteiger partial charge in [0.1, 0.15) is 0 Å². The van der Waals surface area contributed by atoms with E-state index in [0.29, 0.717) is 5.69 Å². The Morgan fingerprint density at radius 2 is 2.10 bits per heavy atom. The fourth-order valence-electron chi connectivity index (χ4n) is 2.93. The van der Waals surface area contributed by atoms with Crippen LogP contribution in [0.25, 0.3) is 0 Å². The van der Waals surface area contributed by atoms with Crippen LogP contribution in [0.5, 0.6) is 0 Å². The van der Waals surface area contributed by atoms with Crippen molar-refractivity contribution in [2.45, 2.75) is 39.0 Å². The molecule has 0 bridgehead atoms. The average Bonchev–Trinajstić information content (AvgIpc) is 2.92. The molecule has 1 amide bonds. The number of aryl methyl sites for hydroxylation is 3. The van der Waals surface area contributed by atoms with Crippen LogP contribution in [0.2, 0.25) is 0 Å². The van der Waals surface area contributed by atoms with Crippen LogP contribution < -0.4 is 11.1 Å². The van der Waals surface area contributed by atoms with E-state index in [1.807, 2.05) is 26.0 Å². The van der Waals surface area contributed by atoms with Crippen LogP contribution >= 0.6 is 11.3 Å². The number of nitrogens with one attached hydrogen (secondary N) is 1. The number of hydrogen-bond acceptors (Lipinski definition) is 3. The molecule has 3 N–H and O–H groups in total. The first-order chi connectivity index (χ1) is 10.1. The van der Waals surface area contributed by atoms with Crippen molar-refractivity contribution in [3.05, 3.63) is 45.1 Å². The van der Waals surface area contributed by atoms with E-state index in [9.17, 15) is 4.79 Å². The minimum Gasteiger partial charge on any atom is -0.397 e. The van der Waals surface area contributed by atoms with Crippen molar-refractivity contribution in [3.8, 4) is 0 Å². The molecular formula is C17H20N2OS. The lowest BCUT2D eigenvalue weighted by Gasteiger charge is -2.22. The van der Waals surface area contributed by atoms with Gasteiger partial charge in [-0.2, -0.15) is 0 Å². The van der Waals surface area contributed by atoms with E-state index in [0.717, 1.165) is 36.1 Å². The molecule has 0 radical (unpaired) electrons. The molecule has 110 valence electrons. The molecule has 1 atom stereocenters. The summed E-state index contributed by atoms with van der Waals surface area (Å²) in [6.45, 7) is 4.05. The SMILES string of the molecule is Cc1cc(N)c(NC(=O)C2CCCc3sccc32)cc1C. The maximum absolute atomic E-state index is 12.6. The van der Waals surface area contributed by atoms with Gasteiger partial charge in [-0.3, -0.25) is 4.79 Å². The Morgan fingerprint density at radius 1 is 1.33 bits per heavy atom. The van der Waals surface area contributed by atoms with Gasteiger partial charge in [0.05, 0.1) is 17.3 Å². The third kappa shape index (κ3) is 2.68. The number of fused-ring (bicyclic) bond motifs is 1. The molecule has 2 aromatic rings. The zero-order chi connectivity index (χ0) is 15.0. The predicted octanol–water partition coefficient (Wildman–Crippen LogP) is 4.01. The summed E-state index contributed by atoms with van der Waals surface area (Å²) in [6.07, 6.45) is 3.09. The summed E-state index contributed by atoms with van der Waals surface area (Å²) >= 11 is 1.76. The molecule has 1 unspecified atom stereocenters. The van der Waals surface area contributed by atoms with Crippen molar-refractivity contribution >= 4 is 28.6 Å². The number of hydrogen-bond donors (Lipinski definition) is 2. The summed E-state index contributed by atoms with van der Waals surface area (Å²) in [7, 11) is 0. The second-order valence-electron chi connectivity index (χ2n) is 5.76. The van der Waals surface area contributed by atoms with Crippen molar-refractivity contribution in [2.75, 3.05) is 11.1 Å². The number of rotatable bonds is 2. The Kier molecular flexibility index (Phi) is 3.72. The third-order valence-electron chi connectivity index (χ3n) is 4.29. The second kappa shape index (κ2) is 5.53. The predicted molar refractivity (Wildman–Crippen MR) is 89.0 cm³/mol. The summed E-state index contributed by atoms with van der Waals surface area (Å²) in [5.41, 5.74) is 10.9. The Bertz CT molecular complexity index is 690. The zero-order valence-corrected chi connectivity index (χ0v) is 13.2. The van der Waals surface area contributed by atoms with E-state index < -0.39 is 0 Å². The minimum absolute atomic E-state index is 0.0407. The van der Waals surface area contributed by atoms with Gasteiger partial charge in [0, 0.05) is 4.88 Å². The first-order valence-corrected chi connectivity index (χ1v) is 8.18. The smallest absolute Gasteiger partial charge is 0.232 e. The van der Waals surface area contributed by atoms with Crippen LogP contribution in [0, 0.1) is 13.8 Å². The fraction of sp³-hybridized carbons (Fsp3) is 0.353. The van der Waals surface area contributed by atoms with Gasteiger partial charge in [0.25, 0.3) is 0 Å². The largest absolute Gasteiger partial charge is 0.397 e. The molecular weight excluding hydrogens is 280 g/mol. The van der Waals surface area contributed by atoms with Crippen LogP contribution in [0.4, 0.5) is 11.4 Å². The number of carbonyl (C=O) groups excluding carboxylic acids is 1. The molecule has 1 heterocycles. The van der Waals surface area contributed by atoms with E-state index in [-0.39, 0.29) is 11.8 Å². The lowest BCUT2D eigenvalue weighted by molar-refractivity contribution is -0.117. The van der Waals surface area contributed by atoms with Gasteiger partial charge in [0.15, 0.2) is 0 Å². The van der Waals surface area contributed by atoms with Crippen molar-refractivity contribution in [3.63, 3.8) is 0 Å². The monoisotopic (exact) mass is 300 g/mol. The molecule has 1 aliphatic rings. The third-order valence-corrected chi connectivity index (χ3v) is 5.29. The number of thiophene rings is 1. The number of carbonyl (C=O) groups is 1. The number of benzene rings is 1. The zero-order valence-electron chi connectivity index (χ0n) is 12.4. The van der Waals surface area contributed by atoms with E-state index in [4.69, 9.17) is 5.73 Å². The quantitative estimate of drug-likeness (QED) is 0.823. The van der Waals surface area contributed by atoms with Crippen molar-refractivity contribution < 1.29 is 4.79 Å². The van der Waals surface area contributed by atoms with Crippen LogP contribution in [0.1, 0.15) is 40.3 Å². The number of amides is 1. The van der Waals surface area contributed by atoms with Crippen LogP contribution in [0.3, 0.4) is 0 Å². The van der Waals surface area contributed by atoms with E-state index in [2.05, 4.69) is 16.8 Å². The molecule has 3 nitrogen and oxygen atoms in total. The maximum atomic E-state index is 12.6. The normalized spacial score (nSPS) is 17.3. The highest BCUT2D eigenvalue weighted by Gasteiger charge is 2.27. The molecule has 3 rings (SSSR count). The van der Waals surface area contributed by atoms with Gasteiger partial charge in [-0.1, -0.05) is 0 Å². The van der Waals surface area contributed by atoms with Gasteiger partial charge in [-0.15, -0.1) is 11.3 Å². The van der Waals surface area contributed by atoms with Gasteiger partial charge >= 0.3 is 0 Å². The number of nitrogens with two attached hydrogens (primary N) is 1. The Balaban J connectivity index is 1.84. The van der Waals surface area contributed by atoms with Crippen LogP contribution in [-0.2, 0) is 11.2 Å². The molecule has 0 aliphatic heterocycles. The molecule has 21 heavy (non-hydrogen) atoms. The fourth-order valence-corrected chi connectivity index (χ4v) is 3.91.